The maximum Gasteiger partial charge on any atom is 0.317 e. The van der Waals surface area contributed by atoms with Gasteiger partial charge in [0.25, 0.3) is 0 Å². The van der Waals surface area contributed by atoms with Gasteiger partial charge in [-0.1, -0.05) is 24.3 Å². The van der Waals surface area contributed by atoms with Gasteiger partial charge in [-0.2, -0.15) is 0 Å². The minimum absolute atomic E-state index is 0.0785. The molecular formula is C21H27N3O. The number of nitrogens with zero attached hydrogens (tertiary/aromatic N) is 2. The van der Waals surface area contributed by atoms with Crippen LogP contribution >= 0.6 is 0 Å². The Labute approximate surface area is 150 Å². The molecule has 4 heteroatoms. The van der Waals surface area contributed by atoms with Gasteiger partial charge in [0.15, 0.2) is 0 Å². The highest BCUT2D eigenvalue weighted by Crippen LogP contribution is 2.22. The molecule has 1 fully saturated rings. The van der Waals surface area contributed by atoms with E-state index in [1.54, 1.807) is 0 Å². The lowest BCUT2D eigenvalue weighted by atomic mass is 10.00. The van der Waals surface area contributed by atoms with Crippen molar-refractivity contribution in [3.8, 4) is 0 Å². The summed E-state index contributed by atoms with van der Waals surface area (Å²) in [4.78, 5) is 16.8. The molecule has 0 spiro atoms. The van der Waals surface area contributed by atoms with Crippen molar-refractivity contribution < 1.29 is 4.79 Å². The van der Waals surface area contributed by atoms with E-state index in [-0.39, 0.29) is 6.03 Å². The molecule has 1 aromatic rings. The molecular weight excluding hydrogens is 310 g/mol. The molecule has 25 heavy (non-hydrogen) atoms. The lowest BCUT2D eigenvalue weighted by Crippen LogP contribution is -2.41. The summed E-state index contributed by atoms with van der Waals surface area (Å²) in [6.07, 6.45) is 10.9. The average Bonchev–Trinajstić information content (AvgIpc) is 2.89. The predicted molar refractivity (Wildman–Crippen MR) is 100 cm³/mol. The molecule has 2 aliphatic heterocycles. The van der Waals surface area contributed by atoms with E-state index in [9.17, 15) is 4.79 Å². The number of likely N-dealkylation sites (tertiary alicyclic amines) is 1. The number of hydrogen-bond donors (Lipinski definition) is 1. The van der Waals surface area contributed by atoms with Crippen molar-refractivity contribution in [2.24, 2.45) is 0 Å². The first-order chi connectivity index (χ1) is 12.2. The number of allylic oxidation sites excluding steroid dienone is 3. The molecule has 1 aromatic carbocycles. The van der Waals surface area contributed by atoms with E-state index in [1.165, 1.54) is 22.4 Å². The summed E-state index contributed by atoms with van der Waals surface area (Å²) in [6, 6.07) is 7.16. The van der Waals surface area contributed by atoms with E-state index in [0.29, 0.717) is 12.6 Å². The van der Waals surface area contributed by atoms with Crippen LogP contribution in [0.1, 0.15) is 36.5 Å². The standard InChI is InChI=1S/C21H27N3O/c1-16-4-3-11-24(16)21(25)22-15-17-7-8-18-9-12-23(20-5-2-6-20)13-10-19(18)14-17/h2,5-8,14,16H,3-4,9-13,15H2,1H3,(H,22,25)/t16-/m1/s1. The molecule has 2 amide bonds. The number of carbonyl (C=O) groups excluding carboxylic acids is 1. The molecule has 0 aromatic heterocycles. The summed E-state index contributed by atoms with van der Waals surface area (Å²) >= 11 is 0. The number of hydrogen-bond acceptors (Lipinski definition) is 2. The quantitative estimate of drug-likeness (QED) is 0.919. The van der Waals surface area contributed by atoms with E-state index in [1.807, 2.05) is 4.90 Å². The van der Waals surface area contributed by atoms with Crippen LogP contribution in [-0.2, 0) is 19.4 Å². The Balaban J connectivity index is 1.37. The molecule has 1 aliphatic carbocycles. The van der Waals surface area contributed by atoms with E-state index in [2.05, 4.69) is 53.6 Å². The summed E-state index contributed by atoms with van der Waals surface area (Å²) in [6.45, 7) is 5.80. The predicted octanol–water partition coefficient (Wildman–Crippen LogP) is 3.23. The van der Waals surface area contributed by atoms with Crippen LogP contribution in [-0.4, -0.2) is 41.5 Å². The van der Waals surface area contributed by atoms with E-state index in [4.69, 9.17) is 0 Å². The van der Waals surface area contributed by atoms with E-state index in [0.717, 1.165) is 45.3 Å². The molecule has 4 rings (SSSR count). The van der Waals surface area contributed by atoms with Crippen LogP contribution in [0.2, 0.25) is 0 Å². The molecule has 0 saturated carbocycles. The maximum atomic E-state index is 12.3. The molecule has 0 radical (unpaired) electrons. The van der Waals surface area contributed by atoms with Crippen LogP contribution in [0.5, 0.6) is 0 Å². The third-order valence-corrected chi connectivity index (χ3v) is 5.73. The first kappa shape index (κ1) is 16.2. The molecule has 3 aliphatic rings. The van der Waals surface area contributed by atoms with Crippen molar-refractivity contribution in [1.82, 2.24) is 15.1 Å². The van der Waals surface area contributed by atoms with Gasteiger partial charge in [-0.05, 0) is 61.4 Å². The molecule has 1 atom stereocenters. The Morgan fingerprint density at radius 1 is 1.20 bits per heavy atom. The number of fused-ring (bicyclic) bond motifs is 1. The van der Waals surface area contributed by atoms with Gasteiger partial charge < -0.3 is 15.1 Å². The Morgan fingerprint density at radius 2 is 2.00 bits per heavy atom. The van der Waals surface area contributed by atoms with Gasteiger partial charge in [0.05, 0.1) is 0 Å². The Bertz CT molecular complexity index is 722. The van der Waals surface area contributed by atoms with E-state index >= 15 is 0 Å². The van der Waals surface area contributed by atoms with Gasteiger partial charge in [-0.3, -0.25) is 0 Å². The lowest BCUT2D eigenvalue weighted by molar-refractivity contribution is 0.195. The zero-order valence-electron chi connectivity index (χ0n) is 15.0. The molecule has 0 bridgehead atoms. The van der Waals surface area contributed by atoms with Crippen LogP contribution in [0, 0.1) is 0 Å². The summed E-state index contributed by atoms with van der Waals surface area (Å²) < 4.78 is 0. The van der Waals surface area contributed by atoms with Crippen molar-refractivity contribution in [1.29, 1.82) is 0 Å². The van der Waals surface area contributed by atoms with Crippen molar-refractivity contribution >= 4 is 6.03 Å². The largest absolute Gasteiger partial charge is 0.371 e. The zero-order valence-corrected chi connectivity index (χ0v) is 15.0. The topological polar surface area (TPSA) is 35.6 Å². The molecule has 2 heterocycles. The second kappa shape index (κ2) is 6.95. The third-order valence-electron chi connectivity index (χ3n) is 5.73. The lowest BCUT2D eigenvalue weighted by Gasteiger charge is -2.26. The number of benzene rings is 1. The van der Waals surface area contributed by atoms with Gasteiger partial charge in [0.2, 0.25) is 0 Å². The Morgan fingerprint density at radius 3 is 2.68 bits per heavy atom. The summed E-state index contributed by atoms with van der Waals surface area (Å²) in [5.41, 5.74) is 5.46. The van der Waals surface area contributed by atoms with Crippen LogP contribution in [0.15, 0.2) is 42.1 Å². The van der Waals surface area contributed by atoms with E-state index < -0.39 is 0 Å². The van der Waals surface area contributed by atoms with Crippen LogP contribution in [0.4, 0.5) is 4.79 Å². The number of nitrogens with one attached hydrogen (secondary N) is 1. The van der Waals surface area contributed by atoms with Gasteiger partial charge in [-0.25, -0.2) is 4.79 Å². The SMILES string of the molecule is C[C@@H]1CCCN1C(=O)NCc1ccc2c(c1)CCN(C1=CC=C1)CC2. The fraction of sp³-hybridized carbons (Fsp3) is 0.476. The highest BCUT2D eigenvalue weighted by molar-refractivity contribution is 5.74. The molecule has 4 nitrogen and oxygen atoms in total. The van der Waals surface area contributed by atoms with Crippen LogP contribution in [0.3, 0.4) is 0 Å². The number of carbonyl (C=O) groups is 1. The Kier molecular flexibility index (Phi) is 4.51. The number of urea groups is 1. The van der Waals surface area contributed by atoms with Gasteiger partial charge >= 0.3 is 6.03 Å². The molecule has 0 unspecified atom stereocenters. The molecule has 1 saturated heterocycles. The summed E-state index contributed by atoms with van der Waals surface area (Å²) in [5.74, 6) is 0. The van der Waals surface area contributed by atoms with Crippen LogP contribution in [0.25, 0.3) is 0 Å². The van der Waals surface area contributed by atoms with Crippen molar-refractivity contribution in [2.75, 3.05) is 19.6 Å². The van der Waals surface area contributed by atoms with Gasteiger partial charge in [-0.15, -0.1) is 0 Å². The molecule has 132 valence electrons. The van der Waals surface area contributed by atoms with Gasteiger partial charge in [0, 0.05) is 37.9 Å². The highest BCUT2D eigenvalue weighted by atomic mass is 16.2. The summed E-state index contributed by atoms with van der Waals surface area (Å²) in [5, 5.41) is 3.10. The smallest absolute Gasteiger partial charge is 0.317 e. The van der Waals surface area contributed by atoms with Crippen LogP contribution < -0.4 is 5.32 Å². The first-order valence-corrected chi connectivity index (χ1v) is 9.49. The second-order valence-electron chi connectivity index (χ2n) is 7.38. The highest BCUT2D eigenvalue weighted by Gasteiger charge is 2.24. The monoisotopic (exact) mass is 337 g/mol. The fourth-order valence-corrected chi connectivity index (χ4v) is 4.05. The minimum Gasteiger partial charge on any atom is -0.371 e. The first-order valence-electron chi connectivity index (χ1n) is 9.49. The maximum absolute atomic E-state index is 12.3. The van der Waals surface area contributed by atoms with Gasteiger partial charge in [0.1, 0.15) is 0 Å². The minimum atomic E-state index is 0.0785. The van der Waals surface area contributed by atoms with Crippen molar-refractivity contribution in [3.05, 3.63) is 58.8 Å². The number of amides is 2. The van der Waals surface area contributed by atoms with Crippen molar-refractivity contribution in [3.63, 3.8) is 0 Å². The molecule has 1 N–H and O–H groups in total. The second-order valence-corrected chi connectivity index (χ2v) is 7.38. The Hall–Kier alpha value is -2.23. The number of rotatable bonds is 3. The summed E-state index contributed by atoms with van der Waals surface area (Å²) in [7, 11) is 0. The fourth-order valence-electron chi connectivity index (χ4n) is 4.05. The average molecular weight is 337 g/mol. The normalized spacial score (nSPS) is 22.1. The third kappa shape index (κ3) is 3.44. The van der Waals surface area contributed by atoms with Crippen molar-refractivity contribution in [2.45, 2.75) is 45.2 Å². The zero-order chi connectivity index (χ0) is 17.2.